The Labute approximate surface area is 229 Å². The van der Waals surface area contributed by atoms with Crippen LogP contribution >= 0.6 is 0 Å². The molecule has 0 unspecified atom stereocenters. The number of benzene rings is 3. The van der Waals surface area contributed by atoms with E-state index >= 15 is 0 Å². The van der Waals surface area contributed by atoms with Gasteiger partial charge in [0, 0.05) is 13.1 Å². The van der Waals surface area contributed by atoms with Crippen LogP contribution in [0.3, 0.4) is 0 Å². The zero-order valence-electron chi connectivity index (χ0n) is 22.5. The van der Waals surface area contributed by atoms with E-state index in [9.17, 15) is 22.4 Å². The van der Waals surface area contributed by atoms with E-state index in [0.29, 0.717) is 23.6 Å². The van der Waals surface area contributed by atoms with Crippen molar-refractivity contribution in [2.24, 2.45) is 5.92 Å². The lowest BCUT2D eigenvalue weighted by Gasteiger charge is -2.31. The molecule has 208 valence electrons. The number of rotatable bonds is 12. The highest BCUT2D eigenvalue weighted by Crippen LogP contribution is 2.26. The summed E-state index contributed by atoms with van der Waals surface area (Å²) in [6, 6.07) is 20.1. The van der Waals surface area contributed by atoms with E-state index in [0.717, 1.165) is 10.6 Å². The molecule has 0 aliphatic rings. The van der Waals surface area contributed by atoms with Crippen molar-refractivity contribution in [1.82, 2.24) is 10.2 Å². The van der Waals surface area contributed by atoms with Crippen molar-refractivity contribution in [2.75, 3.05) is 23.7 Å². The topological polar surface area (TPSA) is 96.0 Å². The standard InChI is InChI=1S/C29H34FN3O5S/c1-21(2)18-31-29(35)22(3)32(19-23-10-12-24(30)13-11-23)28(34)20-33(39(4,36)37)25-14-16-27(17-15-25)38-26-8-6-5-7-9-26/h5-17,21-22H,18-20H2,1-4H3,(H,31,35)/t22-/m1/s1. The van der Waals surface area contributed by atoms with Crippen LogP contribution in [0.2, 0.25) is 0 Å². The maximum atomic E-state index is 13.6. The predicted molar refractivity (Wildman–Crippen MR) is 149 cm³/mol. The van der Waals surface area contributed by atoms with E-state index in [2.05, 4.69) is 5.32 Å². The van der Waals surface area contributed by atoms with Crippen LogP contribution in [-0.4, -0.2) is 50.5 Å². The molecule has 8 nitrogen and oxygen atoms in total. The summed E-state index contributed by atoms with van der Waals surface area (Å²) in [5.74, 6) is -0.0482. The molecule has 0 aliphatic carbocycles. The van der Waals surface area contributed by atoms with Gasteiger partial charge in [0.15, 0.2) is 0 Å². The van der Waals surface area contributed by atoms with Gasteiger partial charge in [-0.1, -0.05) is 44.2 Å². The Balaban J connectivity index is 1.84. The number of sulfonamides is 1. The Hall–Kier alpha value is -3.92. The molecule has 3 rings (SSSR count). The molecule has 1 N–H and O–H groups in total. The third kappa shape index (κ3) is 8.81. The molecule has 0 heterocycles. The molecule has 0 bridgehead atoms. The van der Waals surface area contributed by atoms with Crippen molar-refractivity contribution in [2.45, 2.75) is 33.4 Å². The normalized spacial score (nSPS) is 12.1. The van der Waals surface area contributed by atoms with E-state index in [1.807, 2.05) is 32.0 Å². The van der Waals surface area contributed by atoms with E-state index in [1.54, 1.807) is 43.3 Å². The van der Waals surface area contributed by atoms with Crippen molar-refractivity contribution < 1.29 is 27.1 Å². The number of hydrogen-bond acceptors (Lipinski definition) is 5. The highest BCUT2D eigenvalue weighted by Gasteiger charge is 2.30. The molecule has 3 aromatic rings. The number of para-hydroxylation sites is 1. The van der Waals surface area contributed by atoms with Crippen molar-refractivity contribution in [1.29, 1.82) is 0 Å². The van der Waals surface area contributed by atoms with Crippen LogP contribution in [0.4, 0.5) is 10.1 Å². The average Bonchev–Trinajstić information content (AvgIpc) is 2.90. The molecule has 0 aromatic heterocycles. The van der Waals surface area contributed by atoms with Gasteiger partial charge < -0.3 is 15.0 Å². The molecular formula is C29H34FN3O5S. The number of carbonyl (C=O) groups excluding carboxylic acids is 2. The number of nitrogens with zero attached hydrogens (tertiary/aromatic N) is 2. The fraction of sp³-hybridized carbons (Fsp3) is 0.310. The monoisotopic (exact) mass is 555 g/mol. The lowest BCUT2D eigenvalue weighted by molar-refractivity contribution is -0.139. The molecule has 39 heavy (non-hydrogen) atoms. The minimum absolute atomic E-state index is 0.00314. The minimum Gasteiger partial charge on any atom is -0.457 e. The lowest BCUT2D eigenvalue weighted by Crippen LogP contribution is -2.51. The number of amides is 2. The molecule has 10 heteroatoms. The van der Waals surface area contributed by atoms with Crippen LogP contribution < -0.4 is 14.4 Å². The average molecular weight is 556 g/mol. The molecular weight excluding hydrogens is 521 g/mol. The zero-order valence-corrected chi connectivity index (χ0v) is 23.3. The maximum Gasteiger partial charge on any atom is 0.244 e. The zero-order chi connectivity index (χ0) is 28.6. The summed E-state index contributed by atoms with van der Waals surface area (Å²) in [6.45, 7) is 5.38. The first-order valence-corrected chi connectivity index (χ1v) is 14.4. The number of ether oxygens (including phenoxy) is 1. The first-order chi connectivity index (χ1) is 18.4. The van der Waals surface area contributed by atoms with Gasteiger partial charge in [-0.3, -0.25) is 13.9 Å². The summed E-state index contributed by atoms with van der Waals surface area (Å²) < 4.78 is 45.7. The van der Waals surface area contributed by atoms with Crippen molar-refractivity contribution in [3.8, 4) is 11.5 Å². The van der Waals surface area contributed by atoms with Crippen LogP contribution in [0.15, 0.2) is 78.9 Å². The first kappa shape index (κ1) is 29.6. The minimum atomic E-state index is -3.87. The fourth-order valence-electron chi connectivity index (χ4n) is 3.74. The second-order valence-corrected chi connectivity index (χ2v) is 11.5. The Bertz CT molecular complexity index is 1350. The molecule has 0 fully saturated rings. The first-order valence-electron chi connectivity index (χ1n) is 12.6. The summed E-state index contributed by atoms with van der Waals surface area (Å²) in [7, 11) is -3.87. The summed E-state index contributed by atoms with van der Waals surface area (Å²) in [4.78, 5) is 27.7. The van der Waals surface area contributed by atoms with Crippen LogP contribution in [0.5, 0.6) is 11.5 Å². The Morgan fingerprint density at radius 1 is 0.897 bits per heavy atom. The molecule has 0 spiro atoms. The fourth-order valence-corrected chi connectivity index (χ4v) is 4.59. The highest BCUT2D eigenvalue weighted by atomic mass is 32.2. The molecule has 1 atom stereocenters. The van der Waals surface area contributed by atoms with E-state index in [4.69, 9.17) is 4.74 Å². The molecule has 3 aromatic carbocycles. The van der Waals surface area contributed by atoms with Crippen molar-refractivity contribution in [3.05, 3.63) is 90.2 Å². The molecule has 0 aliphatic heterocycles. The third-order valence-corrected chi connectivity index (χ3v) is 7.04. The number of anilines is 1. The van der Waals surface area contributed by atoms with Gasteiger partial charge in [0.25, 0.3) is 0 Å². The highest BCUT2D eigenvalue weighted by molar-refractivity contribution is 7.92. The van der Waals surface area contributed by atoms with Gasteiger partial charge in [-0.05, 0) is 66.9 Å². The van der Waals surface area contributed by atoms with Gasteiger partial charge in [0.2, 0.25) is 21.8 Å². The summed E-state index contributed by atoms with van der Waals surface area (Å²) in [6.07, 6.45) is 1.01. The van der Waals surface area contributed by atoms with Crippen LogP contribution in [0, 0.1) is 11.7 Å². The number of halogens is 1. The van der Waals surface area contributed by atoms with Crippen molar-refractivity contribution in [3.63, 3.8) is 0 Å². The summed E-state index contributed by atoms with van der Waals surface area (Å²) >= 11 is 0. The van der Waals surface area contributed by atoms with Gasteiger partial charge in [-0.15, -0.1) is 0 Å². The Kier molecular flexibility index (Phi) is 10.1. The van der Waals surface area contributed by atoms with Gasteiger partial charge in [-0.25, -0.2) is 12.8 Å². The smallest absolute Gasteiger partial charge is 0.244 e. The number of nitrogens with one attached hydrogen (secondary N) is 1. The largest absolute Gasteiger partial charge is 0.457 e. The Morgan fingerprint density at radius 2 is 1.49 bits per heavy atom. The lowest BCUT2D eigenvalue weighted by atomic mass is 10.1. The molecule has 0 radical (unpaired) electrons. The van der Waals surface area contributed by atoms with Gasteiger partial charge in [0.05, 0.1) is 11.9 Å². The SMILES string of the molecule is CC(C)CNC(=O)[C@@H](C)N(Cc1ccc(F)cc1)C(=O)CN(c1ccc(Oc2ccccc2)cc1)S(C)(=O)=O. The van der Waals surface area contributed by atoms with Crippen LogP contribution in [-0.2, 0) is 26.2 Å². The van der Waals surface area contributed by atoms with Gasteiger partial charge in [0.1, 0.15) is 29.9 Å². The quantitative estimate of drug-likeness (QED) is 0.353. The number of carbonyl (C=O) groups is 2. The van der Waals surface area contributed by atoms with Gasteiger partial charge in [-0.2, -0.15) is 0 Å². The predicted octanol–water partition coefficient (Wildman–Crippen LogP) is 4.57. The van der Waals surface area contributed by atoms with E-state index in [-0.39, 0.29) is 24.1 Å². The Morgan fingerprint density at radius 3 is 2.05 bits per heavy atom. The van der Waals surface area contributed by atoms with Crippen molar-refractivity contribution >= 4 is 27.5 Å². The third-order valence-electron chi connectivity index (χ3n) is 5.90. The molecule has 0 saturated carbocycles. The maximum absolute atomic E-state index is 13.6. The molecule has 0 saturated heterocycles. The van der Waals surface area contributed by atoms with Crippen LogP contribution in [0.25, 0.3) is 0 Å². The summed E-state index contributed by atoms with van der Waals surface area (Å²) in [5, 5.41) is 2.81. The second kappa shape index (κ2) is 13.2. The van der Waals surface area contributed by atoms with E-state index < -0.39 is 34.3 Å². The number of hydrogen-bond donors (Lipinski definition) is 1. The van der Waals surface area contributed by atoms with Crippen LogP contribution in [0.1, 0.15) is 26.3 Å². The molecule has 2 amide bonds. The summed E-state index contributed by atoms with van der Waals surface area (Å²) in [5.41, 5.74) is 0.867. The van der Waals surface area contributed by atoms with Gasteiger partial charge >= 0.3 is 0 Å². The van der Waals surface area contributed by atoms with E-state index in [1.165, 1.54) is 29.2 Å². The second-order valence-electron chi connectivity index (χ2n) is 9.64.